The van der Waals surface area contributed by atoms with Crippen molar-refractivity contribution in [1.82, 2.24) is 19.6 Å². The molecule has 3 rings (SSSR count). The minimum atomic E-state index is -3.28. The number of rotatable bonds is 4. The first-order chi connectivity index (χ1) is 10.8. The summed E-state index contributed by atoms with van der Waals surface area (Å²) in [6.45, 7) is 4.07. The predicted octanol–water partition coefficient (Wildman–Crippen LogP) is -0.577. The van der Waals surface area contributed by atoms with Crippen LogP contribution in [-0.4, -0.2) is 68.3 Å². The second-order valence-corrected chi connectivity index (χ2v) is 8.23. The molecule has 0 unspecified atom stereocenters. The number of fused-ring (bicyclic) bond motifs is 1. The van der Waals surface area contributed by atoms with Crippen LogP contribution in [0.25, 0.3) is 0 Å². The smallest absolute Gasteiger partial charge is 0.274 e. The number of likely N-dealkylation sites (tertiary alicyclic amines) is 1. The van der Waals surface area contributed by atoms with Crippen LogP contribution in [0.4, 0.5) is 0 Å². The van der Waals surface area contributed by atoms with Crippen LogP contribution in [0.15, 0.2) is 12.4 Å². The Balaban J connectivity index is 1.75. The van der Waals surface area contributed by atoms with E-state index in [0.29, 0.717) is 32.0 Å². The number of sulfonamides is 1. The van der Waals surface area contributed by atoms with Crippen LogP contribution in [-0.2, 0) is 14.8 Å². The number of aromatic nitrogens is 2. The summed E-state index contributed by atoms with van der Waals surface area (Å²) >= 11 is 0. The fraction of sp³-hybridized carbons (Fsp3) is 0.643. The van der Waals surface area contributed by atoms with Gasteiger partial charge in [-0.15, -0.1) is 0 Å². The number of nitrogens with zero attached hydrogens (tertiary/aromatic N) is 3. The highest BCUT2D eigenvalue weighted by Crippen LogP contribution is 2.41. The minimum absolute atomic E-state index is 0.124. The molecule has 2 saturated heterocycles. The molecular formula is C14H20N4O4S. The lowest BCUT2D eigenvalue weighted by Gasteiger charge is -2.26. The molecule has 2 aliphatic heterocycles. The highest BCUT2D eigenvalue weighted by atomic mass is 32.2. The molecule has 8 nitrogen and oxygen atoms in total. The van der Waals surface area contributed by atoms with Crippen LogP contribution in [0, 0.1) is 18.3 Å². The molecule has 3 heterocycles. The van der Waals surface area contributed by atoms with E-state index in [9.17, 15) is 13.2 Å². The number of amides is 1. The Morgan fingerprint density at radius 1 is 1.48 bits per heavy atom. The van der Waals surface area contributed by atoms with Crippen molar-refractivity contribution in [2.45, 2.75) is 6.92 Å². The zero-order chi connectivity index (χ0) is 16.7. The summed E-state index contributed by atoms with van der Waals surface area (Å²) < 4.78 is 30.9. The van der Waals surface area contributed by atoms with Gasteiger partial charge in [-0.2, -0.15) is 0 Å². The van der Waals surface area contributed by atoms with Gasteiger partial charge in [0.25, 0.3) is 5.91 Å². The van der Waals surface area contributed by atoms with Crippen molar-refractivity contribution >= 4 is 15.9 Å². The lowest BCUT2D eigenvalue weighted by Crippen LogP contribution is -2.43. The molecule has 1 amide bonds. The van der Waals surface area contributed by atoms with Gasteiger partial charge >= 0.3 is 0 Å². The highest BCUT2D eigenvalue weighted by Gasteiger charge is 2.52. The average Bonchev–Trinajstić information content (AvgIpc) is 3.01. The first-order valence-corrected chi connectivity index (χ1v) is 9.29. The van der Waals surface area contributed by atoms with Crippen LogP contribution in [0.1, 0.15) is 16.2 Å². The normalized spacial score (nSPS) is 27.2. The van der Waals surface area contributed by atoms with Crippen molar-refractivity contribution in [1.29, 1.82) is 0 Å². The van der Waals surface area contributed by atoms with Gasteiger partial charge in [-0.25, -0.2) is 18.1 Å². The van der Waals surface area contributed by atoms with Gasteiger partial charge in [-0.05, 0) is 6.92 Å². The molecular weight excluding hydrogens is 320 g/mol. The van der Waals surface area contributed by atoms with Crippen LogP contribution >= 0.6 is 0 Å². The van der Waals surface area contributed by atoms with Crippen LogP contribution in [0.2, 0.25) is 0 Å². The average molecular weight is 340 g/mol. The maximum Gasteiger partial charge on any atom is 0.274 e. The number of ether oxygens (including phenoxy) is 1. The van der Waals surface area contributed by atoms with E-state index in [-0.39, 0.29) is 23.8 Å². The summed E-state index contributed by atoms with van der Waals surface area (Å²) in [7, 11) is -3.28. The zero-order valence-corrected chi connectivity index (χ0v) is 14.0. The maximum absolute atomic E-state index is 12.6. The van der Waals surface area contributed by atoms with E-state index in [1.807, 2.05) is 6.92 Å². The Bertz CT molecular complexity index is 706. The summed E-state index contributed by atoms with van der Waals surface area (Å²) in [6.07, 6.45) is 4.17. The number of hydrogen-bond acceptors (Lipinski definition) is 6. The van der Waals surface area contributed by atoms with Gasteiger partial charge in [0.05, 0.1) is 31.4 Å². The SMILES string of the molecule is Cc1cnc(C(=O)N2C[C@@H]3COC[C@]3(CNS(C)(=O)=O)C2)cn1. The van der Waals surface area contributed by atoms with Gasteiger partial charge in [0.2, 0.25) is 10.0 Å². The van der Waals surface area contributed by atoms with Gasteiger partial charge in [0.1, 0.15) is 5.69 Å². The van der Waals surface area contributed by atoms with Gasteiger partial charge in [-0.1, -0.05) is 0 Å². The third-order valence-electron chi connectivity index (χ3n) is 4.49. The Labute approximate surface area is 135 Å². The van der Waals surface area contributed by atoms with Crippen molar-refractivity contribution in [2.24, 2.45) is 11.3 Å². The minimum Gasteiger partial charge on any atom is -0.380 e. The number of aryl methyl sites for hydroxylation is 1. The maximum atomic E-state index is 12.6. The Morgan fingerprint density at radius 2 is 2.26 bits per heavy atom. The number of carbonyl (C=O) groups excluding carboxylic acids is 1. The summed E-state index contributed by atoms with van der Waals surface area (Å²) in [5, 5.41) is 0. The molecule has 0 aliphatic carbocycles. The van der Waals surface area contributed by atoms with Gasteiger partial charge in [0.15, 0.2) is 0 Å². The number of carbonyl (C=O) groups is 1. The lowest BCUT2D eigenvalue weighted by molar-refractivity contribution is 0.0715. The van der Waals surface area contributed by atoms with E-state index in [1.165, 1.54) is 6.20 Å². The molecule has 23 heavy (non-hydrogen) atoms. The third kappa shape index (κ3) is 3.36. The molecule has 0 aromatic carbocycles. The van der Waals surface area contributed by atoms with Gasteiger partial charge in [0, 0.05) is 37.2 Å². The van der Waals surface area contributed by atoms with E-state index in [1.54, 1.807) is 11.1 Å². The van der Waals surface area contributed by atoms with Gasteiger partial charge < -0.3 is 9.64 Å². The molecule has 1 aromatic rings. The molecule has 9 heteroatoms. The summed E-state index contributed by atoms with van der Waals surface area (Å²) in [6, 6.07) is 0. The van der Waals surface area contributed by atoms with Crippen molar-refractivity contribution < 1.29 is 17.9 Å². The third-order valence-corrected chi connectivity index (χ3v) is 5.16. The fourth-order valence-corrected chi connectivity index (χ4v) is 3.73. The molecule has 1 aromatic heterocycles. The van der Waals surface area contributed by atoms with Crippen molar-refractivity contribution in [3.05, 3.63) is 23.8 Å². The highest BCUT2D eigenvalue weighted by molar-refractivity contribution is 7.88. The summed E-state index contributed by atoms with van der Waals surface area (Å²) in [5.41, 5.74) is 0.696. The van der Waals surface area contributed by atoms with Crippen LogP contribution in [0.5, 0.6) is 0 Å². The molecule has 2 fully saturated rings. The van der Waals surface area contributed by atoms with E-state index in [2.05, 4.69) is 14.7 Å². The molecule has 0 bridgehead atoms. The second kappa shape index (κ2) is 5.81. The van der Waals surface area contributed by atoms with Crippen molar-refractivity contribution in [2.75, 3.05) is 39.1 Å². The second-order valence-electron chi connectivity index (χ2n) is 6.40. The monoisotopic (exact) mass is 340 g/mol. The quantitative estimate of drug-likeness (QED) is 0.787. The molecule has 2 aliphatic rings. The standard InChI is InChI=1S/C14H20N4O4S/c1-10-3-16-12(4-15-10)13(19)18-5-11-6-22-9-14(11,8-18)7-17-23(2,20)21/h3-4,11,17H,5-9H2,1-2H3/t11-,14+/m1/s1. The molecule has 126 valence electrons. The van der Waals surface area contributed by atoms with Gasteiger partial charge in [-0.3, -0.25) is 9.78 Å². The molecule has 1 N–H and O–H groups in total. The molecule has 2 atom stereocenters. The van der Waals surface area contributed by atoms with E-state index in [4.69, 9.17) is 4.74 Å². The van der Waals surface area contributed by atoms with E-state index >= 15 is 0 Å². The molecule has 0 radical (unpaired) electrons. The summed E-state index contributed by atoms with van der Waals surface area (Å²) in [5.74, 6) is -0.0512. The van der Waals surface area contributed by atoms with E-state index in [0.717, 1.165) is 11.9 Å². The predicted molar refractivity (Wildman–Crippen MR) is 82.3 cm³/mol. The molecule has 0 spiro atoms. The first-order valence-electron chi connectivity index (χ1n) is 7.39. The molecule has 0 saturated carbocycles. The Hall–Kier alpha value is -1.58. The fourth-order valence-electron chi connectivity index (χ4n) is 3.18. The first kappa shape index (κ1) is 16.3. The Morgan fingerprint density at radius 3 is 2.91 bits per heavy atom. The zero-order valence-electron chi connectivity index (χ0n) is 13.2. The largest absolute Gasteiger partial charge is 0.380 e. The summed E-state index contributed by atoms with van der Waals surface area (Å²) in [4.78, 5) is 22.5. The van der Waals surface area contributed by atoms with Crippen LogP contribution in [0.3, 0.4) is 0 Å². The van der Waals surface area contributed by atoms with Crippen molar-refractivity contribution in [3.63, 3.8) is 0 Å². The number of hydrogen-bond donors (Lipinski definition) is 1. The van der Waals surface area contributed by atoms with Crippen molar-refractivity contribution in [3.8, 4) is 0 Å². The Kier molecular flexibility index (Phi) is 4.11. The lowest BCUT2D eigenvalue weighted by atomic mass is 9.81. The number of nitrogens with one attached hydrogen (secondary N) is 1. The van der Waals surface area contributed by atoms with Crippen LogP contribution < -0.4 is 4.72 Å². The topological polar surface area (TPSA) is 101 Å². The van der Waals surface area contributed by atoms with E-state index < -0.39 is 10.0 Å².